The van der Waals surface area contributed by atoms with Gasteiger partial charge < -0.3 is 15.2 Å². The van der Waals surface area contributed by atoms with E-state index in [1.54, 1.807) is 12.4 Å². The number of carbonyl (C=O) groups is 3. The molecule has 0 aromatic carbocycles. The van der Waals surface area contributed by atoms with Crippen molar-refractivity contribution in [2.45, 2.75) is 18.4 Å². The van der Waals surface area contributed by atoms with Gasteiger partial charge in [0.1, 0.15) is 11.2 Å². The van der Waals surface area contributed by atoms with Crippen LogP contribution >= 0.6 is 0 Å². The Hall–Kier alpha value is -3.17. The van der Waals surface area contributed by atoms with Gasteiger partial charge in [0.15, 0.2) is 0 Å². The number of nitrogens with one attached hydrogen (secondary N) is 4. The lowest BCUT2D eigenvalue weighted by Gasteiger charge is -2.25. The number of nitrogens with zero attached hydrogens (tertiary/aromatic N) is 2. The van der Waals surface area contributed by atoms with Gasteiger partial charge in [-0.1, -0.05) is 5.16 Å². The molecule has 1 aliphatic carbocycles. The van der Waals surface area contributed by atoms with Crippen LogP contribution in [0.2, 0.25) is 0 Å². The van der Waals surface area contributed by atoms with Crippen molar-refractivity contribution >= 4 is 17.8 Å². The summed E-state index contributed by atoms with van der Waals surface area (Å²) in [5.41, 5.74) is 0.0765. The van der Waals surface area contributed by atoms with E-state index < -0.39 is 23.4 Å². The maximum atomic E-state index is 12.2. The van der Waals surface area contributed by atoms with Gasteiger partial charge in [0, 0.05) is 17.8 Å². The number of rotatable bonds is 5. The number of hydrogen-bond acceptors (Lipinski definition) is 6. The molecule has 10 nitrogen and oxygen atoms in total. The van der Waals surface area contributed by atoms with Crippen LogP contribution in [0.4, 0.5) is 4.79 Å². The van der Waals surface area contributed by atoms with Crippen LogP contribution in [-0.4, -0.2) is 45.3 Å². The number of aromatic amines is 1. The van der Waals surface area contributed by atoms with E-state index in [9.17, 15) is 14.4 Å². The smallest absolute Gasteiger partial charge is 0.322 e. The van der Waals surface area contributed by atoms with Gasteiger partial charge in [0.25, 0.3) is 11.8 Å². The van der Waals surface area contributed by atoms with Crippen LogP contribution < -0.4 is 16.0 Å². The molecule has 2 aromatic heterocycles. The Morgan fingerprint density at radius 2 is 2.25 bits per heavy atom. The third kappa shape index (κ3) is 2.32. The average Bonchev–Trinajstić information content (AvgIpc) is 3.00. The fourth-order valence-corrected chi connectivity index (χ4v) is 2.85. The van der Waals surface area contributed by atoms with Gasteiger partial charge in [-0.15, -0.1) is 0 Å². The second-order valence-electron chi connectivity index (χ2n) is 5.90. The fourth-order valence-electron chi connectivity index (χ4n) is 2.85. The lowest BCUT2D eigenvalue weighted by molar-refractivity contribution is -0.124. The number of hydrogen-bond donors (Lipinski definition) is 4. The normalized spacial score (nSPS) is 23.0. The monoisotopic (exact) mass is 330 g/mol. The Bertz CT molecular complexity index is 809. The molecule has 4 N–H and O–H groups in total. The summed E-state index contributed by atoms with van der Waals surface area (Å²) in [6, 6.07) is 0.945. The molecule has 0 unspecified atom stereocenters. The Morgan fingerprint density at radius 3 is 2.88 bits per heavy atom. The van der Waals surface area contributed by atoms with Crippen LogP contribution in [0, 0.1) is 5.92 Å². The molecule has 2 fully saturated rings. The molecular formula is C14H14N6O4. The van der Waals surface area contributed by atoms with Gasteiger partial charge in [-0.25, -0.2) is 4.79 Å². The van der Waals surface area contributed by atoms with E-state index in [1.807, 2.05) is 0 Å². The topological polar surface area (TPSA) is 142 Å². The zero-order valence-electron chi connectivity index (χ0n) is 12.5. The van der Waals surface area contributed by atoms with E-state index in [4.69, 9.17) is 4.52 Å². The largest absolute Gasteiger partial charge is 0.350 e. The molecule has 0 bridgehead atoms. The van der Waals surface area contributed by atoms with E-state index in [2.05, 4.69) is 31.3 Å². The minimum atomic E-state index is -1.08. The molecule has 2 aliphatic rings. The molecule has 4 rings (SSSR count). The number of aromatic nitrogens is 3. The molecule has 3 heterocycles. The third-order valence-electron chi connectivity index (χ3n) is 4.30. The first-order valence-corrected chi connectivity index (χ1v) is 7.46. The van der Waals surface area contributed by atoms with Crippen LogP contribution in [0.5, 0.6) is 0 Å². The summed E-state index contributed by atoms with van der Waals surface area (Å²) in [6.45, 7) is -0.00415. The van der Waals surface area contributed by atoms with E-state index >= 15 is 0 Å². The van der Waals surface area contributed by atoms with Gasteiger partial charge in [0.05, 0.1) is 12.7 Å². The van der Waals surface area contributed by atoms with E-state index in [1.165, 1.54) is 6.07 Å². The van der Waals surface area contributed by atoms with E-state index in [0.29, 0.717) is 11.3 Å². The van der Waals surface area contributed by atoms with E-state index in [0.717, 1.165) is 12.8 Å². The van der Waals surface area contributed by atoms with Crippen molar-refractivity contribution in [1.29, 1.82) is 0 Å². The van der Waals surface area contributed by atoms with Gasteiger partial charge in [-0.2, -0.15) is 5.10 Å². The first kappa shape index (κ1) is 14.4. The van der Waals surface area contributed by atoms with Crippen LogP contribution in [0.25, 0.3) is 11.3 Å². The highest BCUT2D eigenvalue weighted by atomic mass is 16.5. The molecule has 2 aromatic rings. The van der Waals surface area contributed by atoms with Crippen molar-refractivity contribution in [3.63, 3.8) is 0 Å². The van der Waals surface area contributed by atoms with Gasteiger partial charge in [-0.3, -0.25) is 20.0 Å². The first-order valence-electron chi connectivity index (χ1n) is 7.46. The Kier molecular flexibility index (Phi) is 3.12. The lowest BCUT2D eigenvalue weighted by Crippen LogP contribution is -2.57. The number of urea groups is 1. The van der Waals surface area contributed by atoms with Crippen molar-refractivity contribution in [3.8, 4) is 11.3 Å². The highest BCUT2D eigenvalue weighted by Gasteiger charge is 2.56. The minimum absolute atomic E-state index is 0.00415. The van der Waals surface area contributed by atoms with Crippen molar-refractivity contribution in [3.05, 3.63) is 24.2 Å². The summed E-state index contributed by atoms with van der Waals surface area (Å²) in [7, 11) is 0. The highest BCUT2D eigenvalue weighted by Crippen LogP contribution is 2.41. The van der Waals surface area contributed by atoms with Crippen LogP contribution in [0.1, 0.15) is 23.4 Å². The Labute approximate surface area is 135 Å². The van der Waals surface area contributed by atoms with Crippen molar-refractivity contribution < 1.29 is 18.9 Å². The third-order valence-corrected chi connectivity index (χ3v) is 4.30. The summed E-state index contributed by atoms with van der Waals surface area (Å²) < 4.78 is 5.03. The Morgan fingerprint density at radius 1 is 1.42 bits per heavy atom. The molecule has 1 aliphatic heterocycles. The van der Waals surface area contributed by atoms with Crippen molar-refractivity contribution in [1.82, 2.24) is 31.3 Å². The summed E-state index contributed by atoms with van der Waals surface area (Å²) in [5, 5.41) is 17.8. The molecule has 0 radical (unpaired) electrons. The number of amides is 4. The molecule has 1 saturated heterocycles. The summed E-state index contributed by atoms with van der Waals surface area (Å²) in [6.07, 6.45) is 4.84. The maximum absolute atomic E-state index is 12.2. The lowest BCUT2D eigenvalue weighted by atomic mass is 9.93. The number of carbonyl (C=O) groups excluding carboxylic acids is 3. The van der Waals surface area contributed by atoms with Crippen LogP contribution in [-0.2, 0) is 4.79 Å². The summed E-state index contributed by atoms with van der Waals surface area (Å²) in [5.74, 6) is -0.875. The van der Waals surface area contributed by atoms with Gasteiger partial charge >= 0.3 is 6.03 Å². The molecule has 4 amide bonds. The van der Waals surface area contributed by atoms with Gasteiger partial charge in [0.2, 0.25) is 5.76 Å². The summed E-state index contributed by atoms with van der Waals surface area (Å²) in [4.78, 5) is 35.8. The van der Waals surface area contributed by atoms with Gasteiger partial charge in [-0.05, 0) is 18.8 Å². The minimum Gasteiger partial charge on any atom is -0.350 e. The average molecular weight is 330 g/mol. The number of imide groups is 1. The highest BCUT2D eigenvalue weighted by molar-refractivity contribution is 6.08. The molecular weight excluding hydrogens is 316 g/mol. The number of H-pyrrole nitrogens is 1. The first-order chi connectivity index (χ1) is 11.6. The molecule has 0 spiro atoms. The molecule has 124 valence electrons. The van der Waals surface area contributed by atoms with E-state index in [-0.39, 0.29) is 18.2 Å². The molecule has 1 atom stereocenters. The Balaban J connectivity index is 1.46. The van der Waals surface area contributed by atoms with Crippen molar-refractivity contribution in [2.24, 2.45) is 5.92 Å². The predicted octanol–water partition coefficient (Wildman–Crippen LogP) is -0.217. The molecule has 24 heavy (non-hydrogen) atoms. The van der Waals surface area contributed by atoms with Crippen LogP contribution in [0.3, 0.4) is 0 Å². The maximum Gasteiger partial charge on any atom is 0.322 e. The second kappa shape index (κ2) is 5.18. The fraction of sp³-hybridized carbons (Fsp3) is 0.357. The summed E-state index contributed by atoms with van der Waals surface area (Å²) >= 11 is 0. The predicted molar refractivity (Wildman–Crippen MR) is 78.5 cm³/mol. The zero-order valence-corrected chi connectivity index (χ0v) is 12.5. The zero-order chi connectivity index (χ0) is 16.7. The second-order valence-corrected chi connectivity index (χ2v) is 5.90. The van der Waals surface area contributed by atoms with Crippen molar-refractivity contribution in [2.75, 3.05) is 6.54 Å². The quantitative estimate of drug-likeness (QED) is 0.558. The standard InChI is InChI=1S/C14H14N6O4/c21-11(10-3-9(20-24-10)7-4-16-17-5-7)15-6-14(8-1-2-8)12(22)18-13(23)19-14/h3-5,8H,1-2,6H2,(H,15,21)(H,16,17)(H2,18,19,22,23)/t14-/m0/s1. The molecule has 10 heteroatoms. The molecule has 1 saturated carbocycles. The van der Waals surface area contributed by atoms with Crippen LogP contribution in [0.15, 0.2) is 23.0 Å². The SMILES string of the molecule is O=C1NC(=O)[C@](CNC(=O)c2cc(-c3cn[nH]c3)no2)(C2CC2)N1.